The Morgan fingerprint density at radius 2 is 1.81 bits per heavy atom. The molecule has 1 amide bonds. The molecule has 164 valence electrons. The Kier molecular flexibility index (Phi) is 7.83. The molecule has 0 bridgehead atoms. The van der Waals surface area contributed by atoms with Gasteiger partial charge in [0.2, 0.25) is 21.1 Å². The number of nitrogens with zero attached hydrogens (tertiary/aromatic N) is 2. The molecule has 31 heavy (non-hydrogen) atoms. The number of rotatable bonds is 10. The molecule has 0 radical (unpaired) electrons. The average Bonchev–Trinajstić information content (AvgIpc) is 3.19. The topological polar surface area (TPSA) is 101 Å². The Bertz CT molecular complexity index is 1120. The number of benzene rings is 2. The summed E-state index contributed by atoms with van der Waals surface area (Å²) in [5.41, 5.74) is 0.750. The number of nitrogens with one attached hydrogen (secondary N) is 2. The molecule has 0 saturated heterocycles. The standard InChI is InChI=1S/C21H23FN4O3S2/c1-2-3-13-19-24-25-21(30-19)23-20(27)17(14-15-9-5-4-6-10-15)26-31(28,29)18-12-8-7-11-16(18)22/h4-12,17,26H,2-3,13-14H2,1H3,(H,23,25,27)/t17-/m0/s1. The van der Waals surface area contributed by atoms with Crippen molar-refractivity contribution in [1.82, 2.24) is 14.9 Å². The number of halogens is 1. The number of sulfonamides is 1. The Morgan fingerprint density at radius 3 is 2.52 bits per heavy atom. The van der Waals surface area contributed by atoms with Crippen molar-refractivity contribution in [2.75, 3.05) is 5.32 Å². The van der Waals surface area contributed by atoms with E-state index in [1.807, 2.05) is 6.07 Å². The molecule has 3 aromatic rings. The molecule has 0 saturated carbocycles. The highest BCUT2D eigenvalue weighted by Crippen LogP contribution is 2.19. The van der Waals surface area contributed by atoms with Gasteiger partial charge in [-0.1, -0.05) is 67.1 Å². The molecule has 0 unspecified atom stereocenters. The molecule has 1 aromatic heterocycles. The van der Waals surface area contributed by atoms with Gasteiger partial charge in [0.25, 0.3) is 0 Å². The Hall–Kier alpha value is -2.69. The zero-order valence-corrected chi connectivity index (χ0v) is 18.5. The molecular weight excluding hydrogens is 439 g/mol. The molecule has 10 heteroatoms. The zero-order valence-electron chi connectivity index (χ0n) is 16.9. The number of aromatic nitrogens is 2. The third kappa shape index (κ3) is 6.39. The van der Waals surface area contributed by atoms with E-state index in [2.05, 4.69) is 27.2 Å². The van der Waals surface area contributed by atoms with Crippen LogP contribution >= 0.6 is 11.3 Å². The van der Waals surface area contributed by atoms with Gasteiger partial charge in [-0.05, 0) is 30.5 Å². The number of amides is 1. The third-order valence-electron chi connectivity index (χ3n) is 4.46. The van der Waals surface area contributed by atoms with Crippen LogP contribution in [-0.4, -0.2) is 30.6 Å². The van der Waals surface area contributed by atoms with Crippen LogP contribution in [0.5, 0.6) is 0 Å². The predicted octanol–water partition coefficient (Wildman–Crippen LogP) is 3.55. The van der Waals surface area contributed by atoms with Gasteiger partial charge in [0, 0.05) is 6.42 Å². The SMILES string of the molecule is CCCCc1nnc(NC(=O)[C@H](Cc2ccccc2)NS(=O)(=O)c2ccccc2F)s1. The highest BCUT2D eigenvalue weighted by molar-refractivity contribution is 7.89. The minimum atomic E-state index is -4.27. The van der Waals surface area contributed by atoms with Gasteiger partial charge in [-0.25, -0.2) is 12.8 Å². The largest absolute Gasteiger partial charge is 0.299 e. The van der Waals surface area contributed by atoms with Gasteiger partial charge in [-0.15, -0.1) is 10.2 Å². The number of carbonyl (C=O) groups excluding carboxylic acids is 1. The normalized spacial score (nSPS) is 12.5. The minimum Gasteiger partial charge on any atom is -0.299 e. The van der Waals surface area contributed by atoms with Crippen molar-refractivity contribution in [1.29, 1.82) is 0 Å². The molecule has 0 spiro atoms. The second-order valence-corrected chi connectivity index (χ2v) is 9.63. The lowest BCUT2D eigenvalue weighted by atomic mass is 10.1. The van der Waals surface area contributed by atoms with E-state index in [-0.39, 0.29) is 6.42 Å². The molecular formula is C21H23FN4O3S2. The van der Waals surface area contributed by atoms with Gasteiger partial charge in [-0.3, -0.25) is 10.1 Å². The number of carbonyl (C=O) groups is 1. The number of hydrogen-bond donors (Lipinski definition) is 2. The van der Waals surface area contributed by atoms with Crippen LogP contribution in [0, 0.1) is 5.82 Å². The van der Waals surface area contributed by atoms with Crippen LogP contribution in [0.25, 0.3) is 0 Å². The van der Waals surface area contributed by atoms with Gasteiger partial charge in [0.15, 0.2) is 0 Å². The fourth-order valence-corrected chi connectivity index (χ4v) is 4.94. The van der Waals surface area contributed by atoms with Crippen LogP contribution in [0.4, 0.5) is 9.52 Å². The van der Waals surface area contributed by atoms with Gasteiger partial charge in [0.05, 0.1) is 0 Å². The summed E-state index contributed by atoms with van der Waals surface area (Å²) in [6, 6.07) is 12.8. The molecule has 2 aromatic carbocycles. The quantitative estimate of drug-likeness (QED) is 0.480. The highest BCUT2D eigenvalue weighted by Gasteiger charge is 2.28. The van der Waals surface area contributed by atoms with Crippen molar-refractivity contribution in [3.63, 3.8) is 0 Å². The van der Waals surface area contributed by atoms with Crippen LogP contribution in [0.3, 0.4) is 0 Å². The van der Waals surface area contributed by atoms with Crippen LogP contribution < -0.4 is 10.0 Å². The number of aryl methyl sites for hydroxylation is 1. The molecule has 1 heterocycles. The van der Waals surface area contributed by atoms with Gasteiger partial charge in [0.1, 0.15) is 21.8 Å². The van der Waals surface area contributed by atoms with Crippen LogP contribution in [0.15, 0.2) is 59.5 Å². The summed E-state index contributed by atoms with van der Waals surface area (Å²) in [6.45, 7) is 2.07. The maximum Gasteiger partial charge on any atom is 0.244 e. The highest BCUT2D eigenvalue weighted by atomic mass is 32.2. The molecule has 0 fully saturated rings. The molecule has 1 atom stereocenters. The Labute approximate surface area is 184 Å². The maximum absolute atomic E-state index is 14.1. The summed E-state index contributed by atoms with van der Waals surface area (Å²) in [4.78, 5) is 12.4. The average molecular weight is 463 g/mol. The van der Waals surface area contributed by atoms with E-state index in [0.29, 0.717) is 5.13 Å². The van der Waals surface area contributed by atoms with Crippen LogP contribution in [0.1, 0.15) is 30.3 Å². The number of unbranched alkanes of at least 4 members (excludes halogenated alkanes) is 1. The van der Waals surface area contributed by atoms with Gasteiger partial charge in [-0.2, -0.15) is 4.72 Å². The lowest BCUT2D eigenvalue weighted by Crippen LogP contribution is -2.45. The molecule has 0 aliphatic carbocycles. The lowest BCUT2D eigenvalue weighted by molar-refractivity contribution is -0.117. The molecule has 0 aliphatic heterocycles. The van der Waals surface area contributed by atoms with Crippen LogP contribution in [0.2, 0.25) is 0 Å². The first-order chi connectivity index (χ1) is 14.9. The summed E-state index contributed by atoms with van der Waals surface area (Å²) >= 11 is 1.25. The van der Waals surface area contributed by atoms with E-state index in [0.717, 1.165) is 42.0 Å². The van der Waals surface area contributed by atoms with Gasteiger partial charge < -0.3 is 0 Å². The van der Waals surface area contributed by atoms with E-state index < -0.39 is 32.7 Å². The molecule has 2 N–H and O–H groups in total. The molecule has 7 nitrogen and oxygen atoms in total. The summed E-state index contributed by atoms with van der Waals surface area (Å²) in [7, 11) is -4.27. The zero-order chi connectivity index (χ0) is 22.3. The lowest BCUT2D eigenvalue weighted by Gasteiger charge is -2.18. The monoisotopic (exact) mass is 462 g/mol. The summed E-state index contributed by atoms with van der Waals surface area (Å²) in [5.74, 6) is -1.49. The first-order valence-corrected chi connectivity index (χ1v) is 12.1. The number of hydrogen-bond acceptors (Lipinski definition) is 6. The second kappa shape index (κ2) is 10.6. The number of anilines is 1. The van der Waals surface area contributed by atoms with Crippen molar-refractivity contribution in [3.8, 4) is 0 Å². The maximum atomic E-state index is 14.1. The fraction of sp³-hybridized carbons (Fsp3) is 0.286. The van der Waals surface area contributed by atoms with Crippen molar-refractivity contribution < 1.29 is 17.6 Å². The predicted molar refractivity (Wildman–Crippen MR) is 118 cm³/mol. The van der Waals surface area contributed by atoms with Crippen molar-refractivity contribution in [2.45, 2.75) is 43.5 Å². The van der Waals surface area contributed by atoms with E-state index in [4.69, 9.17) is 0 Å². The van der Waals surface area contributed by atoms with E-state index in [9.17, 15) is 17.6 Å². The van der Waals surface area contributed by atoms with Crippen LogP contribution in [-0.2, 0) is 27.7 Å². The fourth-order valence-electron chi connectivity index (χ4n) is 2.88. The minimum absolute atomic E-state index is 0.0852. The molecule has 3 rings (SSSR count). The third-order valence-corrected chi connectivity index (χ3v) is 6.87. The first kappa shape index (κ1) is 23.0. The smallest absolute Gasteiger partial charge is 0.244 e. The van der Waals surface area contributed by atoms with E-state index >= 15 is 0 Å². The van der Waals surface area contributed by atoms with Crippen molar-refractivity contribution in [3.05, 3.63) is 71.0 Å². The van der Waals surface area contributed by atoms with Gasteiger partial charge >= 0.3 is 0 Å². The Balaban J connectivity index is 1.81. The van der Waals surface area contributed by atoms with E-state index in [1.165, 1.54) is 23.5 Å². The summed E-state index contributed by atoms with van der Waals surface area (Å²) < 4.78 is 42.0. The summed E-state index contributed by atoms with van der Waals surface area (Å²) in [5, 5.41) is 11.7. The molecule has 0 aliphatic rings. The van der Waals surface area contributed by atoms with Crippen molar-refractivity contribution >= 4 is 32.4 Å². The first-order valence-electron chi connectivity index (χ1n) is 9.83. The van der Waals surface area contributed by atoms with E-state index in [1.54, 1.807) is 24.3 Å². The second-order valence-electron chi connectivity index (χ2n) is 6.89. The summed E-state index contributed by atoms with van der Waals surface area (Å²) in [6.07, 6.45) is 2.82. The Morgan fingerprint density at radius 1 is 1.10 bits per heavy atom. The van der Waals surface area contributed by atoms with Crippen molar-refractivity contribution in [2.24, 2.45) is 0 Å².